The molecule has 0 saturated carbocycles. The Morgan fingerprint density at radius 1 is 1.07 bits per heavy atom. The average Bonchev–Trinajstić information content (AvgIpc) is 2.63. The molecule has 0 atom stereocenters. The SMILES string of the molecule is CCCCCCCCNC(=O)CCCCCOC(=O)C1=C(C)NC(=S)NC1. The molecule has 0 unspecified atom stereocenters. The summed E-state index contributed by atoms with van der Waals surface area (Å²) in [6.07, 6.45) is 10.4. The lowest BCUT2D eigenvalue weighted by atomic mass is 10.1. The zero-order valence-corrected chi connectivity index (χ0v) is 17.6. The van der Waals surface area contributed by atoms with E-state index in [0.29, 0.717) is 30.3 Å². The fraction of sp³-hybridized carbons (Fsp3) is 0.750. The lowest BCUT2D eigenvalue weighted by molar-refractivity contribution is -0.139. The molecule has 1 heterocycles. The number of esters is 1. The molecule has 0 fully saturated rings. The number of thiocarbonyl (C=S) groups is 1. The van der Waals surface area contributed by atoms with Gasteiger partial charge >= 0.3 is 5.97 Å². The molecular weight excluding hydrogens is 362 g/mol. The van der Waals surface area contributed by atoms with Crippen molar-refractivity contribution in [1.29, 1.82) is 0 Å². The van der Waals surface area contributed by atoms with Crippen molar-refractivity contribution in [2.24, 2.45) is 0 Å². The Bertz CT molecular complexity index is 521. The number of ether oxygens (including phenoxy) is 1. The largest absolute Gasteiger partial charge is 0.462 e. The highest BCUT2D eigenvalue weighted by atomic mass is 32.1. The maximum atomic E-state index is 12.0. The van der Waals surface area contributed by atoms with E-state index in [4.69, 9.17) is 17.0 Å². The van der Waals surface area contributed by atoms with Gasteiger partial charge in [0.1, 0.15) is 0 Å². The Kier molecular flexibility index (Phi) is 12.5. The molecule has 0 aromatic rings. The van der Waals surface area contributed by atoms with Crippen molar-refractivity contribution in [3.8, 4) is 0 Å². The summed E-state index contributed by atoms with van der Waals surface area (Å²) in [5.41, 5.74) is 1.32. The molecule has 0 bridgehead atoms. The summed E-state index contributed by atoms with van der Waals surface area (Å²) in [5.74, 6) is -0.191. The number of hydrogen-bond acceptors (Lipinski definition) is 4. The lowest BCUT2D eigenvalue weighted by Gasteiger charge is -2.20. The van der Waals surface area contributed by atoms with Crippen LogP contribution in [-0.4, -0.2) is 36.7 Å². The molecule has 1 aliphatic heterocycles. The predicted molar refractivity (Wildman–Crippen MR) is 112 cm³/mol. The van der Waals surface area contributed by atoms with Gasteiger partial charge < -0.3 is 20.7 Å². The topological polar surface area (TPSA) is 79.5 Å². The summed E-state index contributed by atoms with van der Waals surface area (Å²) in [6, 6.07) is 0. The number of allylic oxidation sites excluding steroid dienone is 1. The van der Waals surface area contributed by atoms with E-state index in [2.05, 4.69) is 22.9 Å². The van der Waals surface area contributed by atoms with Crippen LogP contribution in [0.2, 0.25) is 0 Å². The van der Waals surface area contributed by atoms with Crippen LogP contribution in [-0.2, 0) is 14.3 Å². The summed E-state index contributed by atoms with van der Waals surface area (Å²) in [4.78, 5) is 23.8. The second-order valence-electron chi connectivity index (χ2n) is 6.98. The Hall–Kier alpha value is -1.63. The van der Waals surface area contributed by atoms with Crippen molar-refractivity contribution in [2.45, 2.75) is 78.1 Å². The third kappa shape index (κ3) is 11.0. The van der Waals surface area contributed by atoms with E-state index in [1.807, 2.05) is 6.92 Å². The number of hydrogen-bond donors (Lipinski definition) is 3. The van der Waals surface area contributed by atoms with E-state index < -0.39 is 0 Å². The van der Waals surface area contributed by atoms with Crippen LogP contribution in [0, 0.1) is 0 Å². The van der Waals surface area contributed by atoms with Crippen LogP contribution in [0.25, 0.3) is 0 Å². The summed E-state index contributed by atoms with van der Waals surface area (Å²) >= 11 is 4.99. The van der Waals surface area contributed by atoms with Crippen LogP contribution in [0.15, 0.2) is 11.3 Å². The molecule has 0 spiro atoms. The molecule has 27 heavy (non-hydrogen) atoms. The summed E-state index contributed by atoms with van der Waals surface area (Å²) < 4.78 is 5.29. The highest BCUT2D eigenvalue weighted by Gasteiger charge is 2.19. The van der Waals surface area contributed by atoms with Crippen molar-refractivity contribution in [3.05, 3.63) is 11.3 Å². The van der Waals surface area contributed by atoms with Crippen LogP contribution in [0.3, 0.4) is 0 Å². The van der Waals surface area contributed by atoms with Crippen molar-refractivity contribution in [3.63, 3.8) is 0 Å². The molecule has 154 valence electrons. The Balaban J connectivity index is 1.97. The lowest BCUT2D eigenvalue weighted by Crippen LogP contribution is -2.42. The zero-order chi connectivity index (χ0) is 19.9. The Morgan fingerprint density at radius 2 is 1.78 bits per heavy atom. The zero-order valence-electron chi connectivity index (χ0n) is 16.8. The van der Waals surface area contributed by atoms with Gasteiger partial charge in [-0.3, -0.25) is 4.79 Å². The molecule has 6 nitrogen and oxygen atoms in total. The molecule has 0 saturated heterocycles. The van der Waals surface area contributed by atoms with E-state index in [-0.39, 0.29) is 11.9 Å². The molecule has 0 aliphatic carbocycles. The van der Waals surface area contributed by atoms with Crippen LogP contribution >= 0.6 is 12.2 Å². The summed E-state index contributed by atoms with van der Waals surface area (Å²) in [6.45, 7) is 5.58. The Labute approximate surface area is 168 Å². The number of nitrogens with one attached hydrogen (secondary N) is 3. The maximum absolute atomic E-state index is 12.0. The van der Waals surface area contributed by atoms with Gasteiger partial charge in [0.2, 0.25) is 5.91 Å². The quantitative estimate of drug-likeness (QED) is 0.237. The molecule has 1 aliphatic rings. The third-order valence-corrected chi connectivity index (χ3v) is 4.81. The minimum absolute atomic E-state index is 0.122. The molecule has 1 amide bonds. The monoisotopic (exact) mass is 397 g/mol. The fourth-order valence-electron chi connectivity index (χ4n) is 2.85. The number of carbonyl (C=O) groups is 2. The van der Waals surface area contributed by atoms with Gasteiger partial charge in [-0.1, -0.05) is 39.0 Å². The second kappa shape index (κ2) is 14.4. The minimum atomic E-state index is -0.313. The number of amides is 1. The van der Waals surface area contributed by atoms with Crippen molar-refractivity contribution in [1.82, 2.24) is 16.0 Å². The van der Waals surface area contributed by atoms with Gasteiger partial charge in [-0.15, -0.1) is 0 Å². The molecule has 7 heteroatoms. The maximum Gasteiger partial charge on any atom is 0.337 e. The smallest absolute Gasteiger partial charge is 0.337 e. The predicted octanol–water partition coefficient (Wildman–Crippen LogP) is 3.32. The molecule has 0 radical (unpaired) electrons. The average molecular weight is 398 g/mol. The molecule has 1 rings (SSSR count). The van der Waals surface area contributed by atoms with E-state index in [1.54, 1.807) is 0 Å². The molecule has 3 N–H and O–H groups in total. The van der Waals surface area contributed by atoms with Crippen LogP contribution in [0.1, 0.15) is 78.1 Å². The van der Waals surface area contributed by atoms with Gasteiger partial charge in [-0.25, -0.2) is 4.79 Å². The van der Waals surface area contributed by atoms with Gasteiger partial charge in [-0.2, -0.15) is 0 Å². The molecule has 0 aromatic heterocycles. The van der Waals surface area contributed by atoms with Gasteiger partial charge in [0, 0.05) is 18.7 Å². The van der Waals surface area contributed by atoms with Crippen molar-refractivity contribution < 1.29 is 14.3 Å². The standard InChI is InChI=1S/C20H35N3O3S/c1-3-4-5-6-7-10-13-21-18(24)12-9-8-11-14-26-19(25)17-15-22-20(27)23-16(17)2/h3-15H2,1-2H3,(H,21,24)(H2,22,23,27). The van der Waals surface area contributed by atoms with E-state index >= 15 is 0 Å². The second-order valence-corrected chi connectivity index (χ2v) is 7.38. The number of carbonyl (C=O) groups excluding carboxylic acids is 2. The highest BCUT2D eigenvalue weighted by Crippen LogP contribution is 2.08. The first-order valence-corrected chi connectivity index (χ1v) is 10.6. The van der Waals surface area contributed by atoms with Gasteiger partial charge in [0.25, 0.3) is 0 Å². The fourth-order valence-corrected chi connectivity index (χ4v) is 3.08. The van der Waals surface area contributed by atoms with Gasteiger partial charge in [0.15, 0.2) is 5.11 Å². The minimum Gasteiger partial charge on any atom is -0.462 e. The van der Waals surface area contributed by atoms with Crippen LogP contribution in [0.5, 0.6) is 0 Å². The summed E-state index contributed by atoms with van der Waals surface area (Å²) in [7, 11) is 0. The highest BCUT2D eigenvalue weighted by molar-refractivity contribution is 7.80. The summed E-state index contributed by atoms with van der Waals surface area (Å²) in [5, 5.41) is 9.34. The van der Waals surface area contributed by atoms with Crippen molar-refractivity contribution in [2.75, 3.05) is 19.7 Å². The number of unbranched alkanes of at least 4 members (excludes halogenated alkanes) is 7. The first kappa shape index (κ1) is 23.4. The molecule has 0 aromatic carbocycles. The van der Waals surface area contributed by atoms with Gasteiger partial charge in [0.05, 0.1) is 18.7 Å². The first-order valence-electron chi connectivity index (χ1n) is 10.2. The third-order valence-electron chi connectivity index (χ3n) is 4.56. The van der Waals surface area contributed by atoms with Gasteiger partial charge in [-0.05, 0) is 44.8 Å². The van der Waals surface area contributed by atoms with E-state index in [1.165, 1.54) is 32.1 Å². The molecular formula is C20H35N3O3S. The van der Waals surface area contributed by atoms with E-state index in [9.17, 15) is 9.59 Å². The Morgan fingerprint density at radius 3 is 2.52 bits per heavy atom. The van der Waals surface area contributed by atoms with E-state index in [0.717, 1.165) is 37.9 Å². The normalized spacial score (nSPS) is 13.8. The van der Waals surface area contributed by atoms with Crippen LogP contribution in [0.4, 0.5) is 0 Å². The van der Waals surface area contributed by atoms with Crippen LogP contribution < -0.4 is 16.0 Å². The van der Waals surface area contributed by atoms with Crippen molar-refractivity contribution >= 4 is 29.2 Å². The number of rotatable bonds is 14. The first-order chi connectivity index (χ1) is 13.0.